The lowest BCUT2D eigenvalue weighted by Gasteiger charge is -2.39. The highest BCUT2D eigenvalue weighted by molar-refractivity contribution is 7.98. The Morgan fingerprint density at radius 1 is 1.43 bits per heavy atom. The summed E-state index contributed by atoms with van der Waals surface area (Å²) in [5, 5.41) is 3.23. The monoisotopic (exact) mass is 218 g/mol. The van der Waals surface area contributed by atoms with Crippen LogP contribution in [0.15, 0.2) is 0 Å². The molecule has 3 nitrogen and oxygen atoms in total. The van der Waals surface area contributed by atoms with Crippen molar-refractivity contribution in [2.24, 2.45) is 0 Å². The first-order chi connectivity index (χ1) is 6.66. The van der Waals surface area contributed by atoms with E-state index < -0.39 is 0 Å². The molecule has 14 heavy (non-hydrogen) atoms. The van der Waals surface area contributed by atoms with Gasteiger partial charge in [0.1, 0.15) is 0 Å². The normalized spacial score (nSPS) is 19.7. The highest BCUT2D eigenvalue weighted by Crippen LogP contribution is 2.14. The van der Waals surface area contributed by atoms with E-state index in [0.717, 1.165) is 32.8 Å². The molecule has 1 rings (SSSR count). The maximum atomic E-state index is 5.81. The summed E-state index contributed by atoms with van der Waals surface area (Å²) in [5.41, 5.74) is 0.111. The van der Waals surface area contributed by atoms with Gasteiger partial charge in [-0.2, -0.15) is 11.8 Å². The Labute approximate surface area is 91.6 Å². The molecule has 1 heterocycles. The van der Waals surface area contributed by atoms with Gasteiger partial charge in [-0.3, -0.25) is 0 Å². The van der Waals surface area contributed by atoms with Crippen molar-refractivity contribution in [1.82, 2.24) is 10.2 Å². The highest BCUT2D eigenvalue weighted by Gasteiger charge is 2.32. The summed E-state index contributed by atoms with van der Waals surface area (Å²) in [4.78, 5) is 2.33. The van der Waals surface area contributed by atoms with Crippen molar-refractivity contribution >= 4 is 11.8 Å². The van der Waals surface area contributed by atoms with Gasteiger partial charge in [-0.15, -0.1) is 0 Å². The van der Waals surface area contributed by atoms with Gasteiger partial charge in [0.2, 0.25) is 0 Å². The molecule has 1 aliphatic rings. The molecule has 1 fully saturated rings. The van der Waals surface area contributed by atoms with Crippen LogP contribution in [0, 0.1) is 0 Å². The van der Waals surface area contributed by atoms with E-state index in [1.807, 2.05) is 11.8 Å². The quantitative estimate of drug-likeness (QED) is 0.678. The van der Waals surface area contributed by atoms with Crippen LogP contribution in [-0.4, -0.2) is 62.3 Å². The van der Waals surface area contributed by atoms with E-state index in [1.165, 1.54) is 5.75 Å². The lowest BCUT2D eigenvalue weighted by Crippen LogP contribution is -2.59. The number of hydrogen-bond donors (Lipinski definition) is 1. The second kappa shape index (κ2) is 5.95. The van der Waals surface area contributed by atoms with E-state index >= 15 is 0 Å². The minimum absolute atomic E-state index is 0.111. The van der Waals surface area contributed by atoms with Gasteiger partial charge < -0.3 is 15.0 Å². The third kappa shape index (κ3) is 4.17. The van der Waals surface area contributed by atoms with Crippen molar-refractivity contribution in [3.8, 4) is 0 Å². The Bertz CT molecular complexity index is 162. The van der Waals surface area contributed by atoms with Crippen LogP contribution < -0.4 is 5.32 Å². The highest BCUT2D eigenvalue weighted by atomic mass is 32.2. The first-order valence-corrected chi connectivity index (χ1v) is 6.58. The summed E-state index contributed by atoms with van der Waals surface area (Å²) in [6.45, 7) is 7.22. The summed E-state index contributed by atoms with van der Waals surface area (Å²) in [6.07, 6.45) is 2.14. The Hall–Kier alpha value is 0.230. The van der Waals surface area contributed by atoms with Gasteiger partial charge in [0, 0.05) is 31.9 Å². The lowest BCUT2D eigenvalue weighted by molar-refractivity contribution is -0.0706. The molecule has 4 heteroatoms. The molecule has 0 unspecified atom stereocenters. The second-order valence-corrected chi connectivity index (χ2v) is 5.18. The third-order valence-corrected chi connectivity index (χ3v) is 3.19. The van der Waals surface area contributed by atoms with Gasteiger partial charge in [-0.25, -0.2) is 0 Å². The predicted octanol–water partition coefficient (Wildman–Crippen LogP) is 0.660. The van der Waals surface area contributed by atoms with Crippen LogP contribution in [0.1, 0.15) is 6.92 Å². The van der Waals surface area contributed by atoms with Crippen LogP contribution in [0.4, 0.5) is 0 Å². The van der Waals surface area contributed by atoms with Gasteiger partial charge in [0.05, 0.1) is 12.2 Å². The Balaban J connectivity index is 1.97. The zero-order chi connectivity index (χ0) is 10.4. The summed E-state index contributed by atoms with van der Waals surface area (Å²) in [7, 11) is 2.15. The lowest BCUT2D eigenvalue weighted by atomic mass is 10.0. The van der Waals surface area contributed by atoms with E-state index in [2.05, 4.69) is 30.4 Å². The van der Waals surface area contributed by atoms with Crippen LogP contribution >= 0.6 is 11.8 Å². The van der Waals surface area contributed by atoms with Crippen LogP contribution in [0.2, 0.25) is 0 Å². The molecule has 0 aromatic heterocycles. The van der Waals surface area contributed by atoms with E-state index in [1.54, 1.807) is 0 Å². The number of ether oxygens (including phenoxy) is 1. The molecule has 0 saturated carbocycles. The summed E-state index contributed by atoms with van der Waals surface area (Å²) >= 11 is 1.89. The van der Waals surface area contributed by atoms with Crippen molar-refractivity contribution in [1.29, 1.82) is 0 Å². The van der Waals surface area contributed by atoms with Crippen molar-refractivity contribution in [2.75, 3.05) is 51.8 Å². The largest absolute Gasteiger partial charge is 0.371 e. The molecule has 1 aliphatic heterocycles. The number of nitrogens with one attached hydrogen (secondary N) is 1. The summed E-state index contributed by atoms with van der Waals surface area (Å²) in [6, 6.07) is 0. The van der Waals surface area contributed by atoms with E-state index in [4.69, 9.17) is 4.74 Å². The van der Waals surface area contributed by atoms with E-state index in [9.17, 15) is 0 Å². The van der Waals surface area contributed by atoms with Crippen LogP contribution in [-0.2, 0) is 4.74 Å². The molecule has 0 aromatic rings. The van der Waals surface area contributed by atoms with Crippen molar-refractivity contribution in [3.63, 3.8) is 0 Å². The topological polar surface area (TPSA) is 24.5 Å². The van der Waals surface area contributed by atoms with E-state index in [-0.39, 0.29) is 5.60 Å². The summed E-state index contributed by atoms with van der Waals surface area (Å²) < 4.78 is 5.81. The van der Waals surface area contributed by atoms with E-state index in [0.29, 0.717) is 0 Å². The second-order valence-electron chi connectivity index (χ2n) is 4.20. The molecule has 0 aliphatic carbocycles. The third-order valence-electron chi connectivity index (χ3n) is 2.60. The average Bonchev–Trinajstić information content (AvgIpc) is 2.12. The molecule has 0 aromatic carbocycles. The van der Waals surface area contributed by atoms with Crippen molar-refractivity contribution in [3.05, 3.63) is 0 Å². The minimum atomic E-state index is 0.111. The standard InChI is InChI=1S/C10H22N2OS/c1-10(8-11-9-10)13-6-4-12(2)5-7-14-3/h11H,4-9H2,1-3H3. The molecule has 0 spiro atoms. The zero-order valence-corrected chi connectivity index (χ0v) is 10.3. The minimum Gasteiger partial charge on any atom is -0.371 e. The van der Waals surface area contributed by atoms with Crippen LogP contribution in [0.3, 0.4) is 0 Å². The number of rotatable bonds is 7. The predicted molar refractivity (Wildman–Crippen MR) is 63.1 cm³/mol. The number of thioether (sulfide) groups is 1. The molecule has 0 radical (unpaired) electrons. The van der Waals surface area contributed by atoms with Gasteiger partial charge in [0.25, 0.3) is 0 Å². The average molecular weight is 218 g/mol. The fraction of sp³-hybridized carbons (Fsp3) is 1.00. The van der Waals surface area contributed by atoms with Gasteiger partial charge >= 0.3 is 0 Å². The molecule has 1 saturated heterocycles. The Kier molecular flexibility index (Phi) is 5.23. The summed E-state index contributed by atoms with van der Waals surface area (Å²) in [5.74, 6) is 1.20. The van der Waals surface area contributed by atoms with Crippen molar-refractivity contribution in [2.45, 2.75) is 12.5 Å². The number of likely N-dealkylation sites (N-methyl/N-ethyl adjacent to an activating group) is 1. The molecule has 0 amide bonds. The molecule has 0 atom stereocenters. The number of hydrogen-bond acceptors (Lipinski definition) is 4. The SMILES string of the molecule is CSCCN(C)CCOC1(C)CNC1. The Morgan fingerprint density at radius 2 is 2.14 bits per heavy atom. The first-order valence-electron chi connectivity index (χ1n) is 5.18. The Morgan fingerprint density at radius 3 is 2.64 bits per heavy atom. The van der Waals surface area contributed by atoms with Crippen LogP contribution in [0.5, 0.6) is 0 Å². The maximum Gasteiger partial charge on any atom is 0.0902 e. The van der Waals surface area contributed by atoms with Crippen molar-refractivity contribution < 1.29 is 4.74 Å². The van der Waals surface area contributed by atoms with Crippen LogP contribution in [0.25, 0.3) is 0 Å². The zero-order valence-electron chi connectivity index (χ0n) is 9.51. The smallest absolute Gasteiger partial charge is 0.0902 e. The molecular formula is C10H22N2OS. The van der Waals surface area contributed by atoms with Gasteiger partial charge in [0.15, 0.2) is 0 Å². The molecular weight excluding hydrogens is 196 g/mol. The molecule has 84 valence electrons. The maximum absolute atomic E-state index is 5.81. The number of nitrogens with zero attached hydrogens (tertiary/aromatic N) is 1. The fourth-order valence-corrected chi connectivity index (χ4v) is 1.88. The molecule has 0 bridgehead atoms. The molecule has 1 N–H and O–H groups in total. The van der Waals surface area contributed by atoms with Gasteiger partial charge in [-0.05, 0) is 20.2 Å². The fourth-order valence-electron chi connectivity index (χ4n) is 1.39. The van der Waals surface area contributed by atoms with Gasteiger partial charge in [-0.1, -0.05) is 0 Å². The first kappa shape index (κ1) is 12.3.